The van der Waals surface area contributed by atoms with E-state index in [9.17, 15) is 21.9 Å². The quantitative estimate of drug-likeness (QED) is 0.537. The van der Waals surface area contributed by atoms with Crippen LogP contribution in [0.15, 0.2) is 65.6 Å². The van der Waals surface area contributed by atoms with Gasteiger partial charge in [0.2, 0.25) is 20.0 Å². The van der Waals surface area contributed by atoms with Crippen LogP contribution in [-0.4, -0.2) is 74.7 Å². The zero-order chi connectivity index (χ0) is 23.6. The summed E-state index contributed by atoms with van der Waals surface area (Å²) >= 11 is 0. The fourth-order valence-electron chi connectivity index (χ4n) is 3.87. The van der Waals surface area contributed by atoms with Crippen LogP contribution in [0.2, 0.25) is 0 Å². The molecule has 0 aliphatic carbocycles. The Morgan fingerprint density at radius 2 is 1.70 bits per heavy atom. The van der Waals surface area contributed by atoms with Crippen LogP contribution in [0.3, 0.4) is 0 Å². The number of para-hydroxylation sites is 1. The molecule has 1 aliphatic rings. The number of aliphatic hydroxyl groups excluding tert-OH is 1. The molecule has 1 fully saturated rings. The van der Waals surface area contributed by atoms with E-state index < -0.39 is 26.2 Å². The van der Waals surface area contributed by atoms with Crippen LogP contribution in [0.4, 0.5) is 5.69 Å². The van der Waals surface area contributed by atoms with Gasteiger partial charge >= 0.3 is 0 Å². The number of aliphatic hydroxyl groups is 1. The average molecular weight is 491 g/mol. The summed E-state index contributed by atoms with van der Waals surface area (Å²) in [6, 6.07) is 17.3. The van der Waals surface area contributed by atoms with Gasteiger partial charge in [0.25, 0.3) is 0 Å². The van der Waals surface area contributed by atoms with Gasteiger partial charge in [-0.1, -0.05) is 24.3 Å². The largest absolute Gasteiger partial charge is 0.390 e. The molecule has 1 unspecified atom stereocenters. The van der Waals surface area contributed by atoms with Crippen molar-refractivity contribution in [3.8, 4) is 0 Å². The van der Waals surface area contributed by atoms with Crippen molar-refractivity contribution in [1.29, 1.82) is 0 Å². The normalized spacial score (nSPS) is 18.8. The van der Waals surface area contributed by atoms with Crippen molar-refractivity contribution >= 4 is 36.6 Å². The standard InChI is InChI=1S/C22H26N4O5S2/c1-32(28,29)24-18-8-10-21(11-9-18)33(30,31)26-13-12-25(15-20(27)16-26)14-19-7-6-17-4-2-3-5-22(17)23-19/h2-11,20,24,27H,12-16H2,1H3. The van der Waals surface area contributed by atoms with Crippen LogP contribution in [0.1, 0.15) is 5.69 Å². The Morgan fingerprint density at radius 3 is 2.42 bits per heavy atom. The maximum atomic E-state index is 13.1. The SMILES string of the molecule is CS(=O)(=O)Nc1ccc(S(=O)(=O)N2CCN(Cc3ccc4ccccc4n3)CC(O)C2)cc1. The van der Waals surface area contributed by atoms with Crippen molar-refractivity contribution in [2.24, 2.45) is 0 Å². The monoisotopic (exact) mass is 490 g/mol. The molecule has 33 heavy (non-hydrogen) atoms. The third-order valence-electron chi connectivity index (χ3n) is 5.39. The number of pyridine rings is 1. The molecule has 1 atom stereocenters. The molecule has 0 saturated carbocycles. The molecule has 1 aromatic heterocycles. The topological polar surface area (TPSA) is 120 Å². The summed E-state index contributed by atoms with van der Waals surface area (Å²) in [6.45, 7) is 1.47. The van der Waals surface area contributed by atoms with Crippen LogP contribution in [-0.2, 0) is 26.6 Å². The fraction of sp³-hybridized carbons (Fsp3) is 0.318. The number of fused-ring (bicyclic) bond motifs is 1. The smallest absolute Gasteiger partial charge is 0.243 e. The molecule has 2 N–H and O–H groups in total. The number of hydrogen-bond acceptors (Lipinski definition) is 7. The van der Waals surface area contributed by atoms with E-state index >= 15 is 0 Å². The van der Waals surface area contributed by atoms with E-state index in [0.717, 1.165) is 22.9 Å². The summed E-state index contributed by atoms with van der Waals surface area (Å²) in [5, 5.41) is 11.6. The number of hydrogen-bond donors (Lipinski definition) is 2. The molecule has 4 rings (SSSR count). The van der Waals surface area contributed by atoms with Crippen molar-refractivity contribution in [3.63, 3.8) is 0 Å². The minimum atomic E-state index is -3.85. The zero-order valence-corrected chi connectivity index (χ0v) is 19.8. The molecule has 2 aromatic carbocycles. The van der Waals surface area contributed by atoms with E-state index in [4.69, 9.17) is 0 Å². The summed E-state index contributed by atoms with van der Waals surface area (Å²) in [6.07, 6.45) is 0.170. The number of nitrogens with one attached hydrogen (secondary N) is 1. The van der Waals surface area contributed by atoms with Gasteiger partial charge < -0.3 is 5.11 Å². The van der Waals surface area contributed by atoms with Gasteiger partial charge in [0.15, 0.2) is 0 Å². The van der Waals surface area contributed by atoms with Gasteiger partial charge in [0.1, 0.15) is 0 Å². The number of aromatic nitrogens is 1. The maximum absolute atomic E-state index is 13.1. The lowest BCUT2D eigenvalue weighted by Crippen LogP contribution is -2.37. The van der Waals surface area contributed by atoms with Crippen LogP contribution in [0.5, 0.6) is 0 Å². The molecule has 0 bridgehead atoms. The Hall–Kier alpha value is -2.57. The lowest BCUT2D eigenvalue weighted by Gasteiger charge is -2.21. The highest BCUT2D eigenvalue weighted by molar-refractivity contribution is 7.92. The first-order chi connectivity index (χ1) is 15.6. The highest BCUT2D eigenvalue weighted by Gasteiger charge is 2.30. The molecule has 0 amide bonds. The van der Waals surface area contributed by atoms with Crippen molar-refractivity contribution < 1.29 is 21.9 Å². The van der Waals surface area contributed by atoms with E-state index in [0.29, 0.717) is 19.6 Å². The molecule has 1 saturated heterocycles. The highest BCUT2D eigenvalue weighted by Crippen LogP contribution is 2.21. The van der Waals surface area contributed by atoms with Gasteiger partial charge in [0.05, 0.1) is 28.5 Å². The molecular weight excluding hydrogens is 464 g/mol. The molecule has 11 heteroatoms. The van der Waals surface area contributed by atoms with Crippen LogP contribution in [0, 0.1) is 0 Å². The Bertz CT molecular complexity index is 1340. The first-order valence-electron chi connectivity index (χ1n) is 10.4. The Labute approximate surface area is 193 Å². The van der Waals surface area contributed by atoms with Gasteiger partial charge in [-0.05, 0) is 36.4 Å². The number of rotatable bonds is 6. The minimum absolute atomic E-state index is 0.0205. The predicted molar refractivity (Wildman–Crippen MR) is 127 cm³/mol. The molecule has 2 heterocycles. The summed E-state index contributed by atoms with van der Waals surface area (Å²) in [7, 11) is -7.31. The first-order valence-corrected chi connectivity index (χ1v) is 13.8. The lowest BCUT2D eigenvalue weighted by molar-refractivity contribution is 0.119. The van der Waals surface area contributed by atoms with Crippen molar-refractivity contribution in [2.75, 3.05) is 37.2 Å². The molecule has 9 nitrogen and oxygen atoms in total. The van der Waals surface area contributed by atoms with E-state index in [1.54, 1.807) is 0 Å². The fourth-order valence-corrected chi connectivity index (χ4v) is 5.90. The van der Waals surface area contributed by atoms with Gasteiger partial charge in [-0.15, -0.1) is 0 Å². The number of β-amino-alcohol motifs (C(OH)–C–C–N with tert-alkyl or cyclic N) is 1. The lowest BCUT2D eigenvalue weighted by atomic mass is 10.2. The number of anilines is 1. The Morgan fingerprint density at radius 1 is 0.970 bits per heavy atom. The van der Waals surface area contributed by atoms with Gasteiger partial charge in [0, 0.05) is 43.8 Å². The number of benzene rings is 2. The highest BCUT2D eigenvalue weighted by atomic mass is 32.2. The molecule has 0 spiro atoms. The molecule has 0 radical (unpaired) electrons. The third kappa shape index (κ3) is 5.87. The van der Waals surface area contributed by atoms with E-state index in [1.165, 1.54) is 28.6 Å². The first kappa shape index (κ1) is 23.6. The predicted octanol–water partition coefficient (Wildman–Crippen LogP) is 1.47. The zero-order valence-electron chi connectivity index (χ0n) is 18.1. The molecule has 1 aliphatic heterocycles. The summed E-state index contributed by atoms with van der Waals surface area (Å²) in [5.74, 6) is 0. The second kappa shape index (κ2) is 9.35. The van der Waals surface area contributed by atoms with Crippen molar-refractivity contribution in [2.45, 2.75) is 17.5 Å². The average Bonchev–Trinajstić information content (AvgIpc) is 2.94. The second-order valence-electron chi connectivity index (χ2n) is 8.15. The van der Waals surface area contributed by atoms with Gasteiger partial charge in [-0.3, -0.25) is 14.6 Å². The van der Waals surface area contributed by atoms with Crippen LogP contribution in [0.25, 0.3) is 10.9 Å². The molecule has 3 aromatic rings. The number of nitrogens with zero attached hydrogens (tertiary/aromatic N) is 3. The summed E-state index contributed by atoms with van der Waals surface area (Å²) in [4.78, 5) is 6.71. The Balaban J connectivity index is 1.46. The van der Waals surface area contributed by atoms with Gasteiger partial charge in [-0.25, -0.2) is 16.8 Å². The van der Waals surface area contributed by atoms with Crippen molar-refractivity contribution in [1.82, 2.24) is 14.2 Å². The maximum Gasteiger partial charge on any atom is 0.243 e. The third-order valence-corrected chi connectivity index (χ3v) is 7.87. The van der Waals surface area contributed by atoms with Crippen LogP contribution < -0.4 is 4.72 Å². The second-order valence-corrected chi connectivity index (χ2v) is 11.8. The van der Waals surface area contributed by atoms with E-state index in [-0.39, 0.29) is 23.7 Å². The van der Waals surface area contributed by atoms with E-state index in [1.807, 2.05) is 41.3 Å². The molecule has 176 valence electrons. The minimum Gasteiger partial charge on any atom is -0.390 e. The summed E-state index contributed by atoms with van der Waals surface area (Å²) in [5.41, 5.74) is 2.02. The van der Waals surface area contributed by atoms with Crippen LogP contribution >= 0.6 is 0 Å². The summed E-state index contributed by atoms with van der Waals surface area (Å²) < 4.78 is 52.6. The molecular formula is C22H26N4O5S2. The van der Waals surface area contributed by atoms with Gasteiger partial charge in [-0.2, -0.15) is 4.31 Å². The Kier molecular flexibility index (Phi) is 6.68. The van der Waals surface area contributed by atoms with E-state index in [2.05, 4.69) is 9.71 Å². The number of sulfonamides is 2. The van der Waals surface area contributed by atoms with Crippen molar-refractivity contribution in [3.05, 3.63) is 66.4 Å².